The monoisotopic (exact) mass is 376 g/mol. The SMILES string of the molecule is CC1=C[CH]([Ti+2][CH]2C=C(C)c3ccccc32)c2ccccc21.[Cl-].[Cl-]. The van der Waals surface area contributed by atoms with Crippen LogP contribution in [0, 0.1) is 0 Å². The molecule has 0 bridgehead atoms. The Labute approximate surface area is 159 Å². The zero-order chi connectivity index (χ0) is 14.4. The quantitative estimate of drug-likeness (QED) is 0.613. The van der Waals surface area contributed by atoms with Gasteiger partial charge in [-0.2, -0.15) is 0 Å². The summed E-state index contributed by atoms with van der Waals surface area (Å²) in [5.74, 6) is 0. The molecule has 0 N–H and O–H groups in total. The van der Waals surface area contributed by atoms with Crippen molar-refractivity contribution in [2.24, 2.45) is 0 Å². The first-order valence-corrected chi connectivity index (χ1v) is 9.36. The molecule has 0 spiro atoms. The first kappa shape index (κ1) is 18.6. The summed E-state index contributed by atoms with van der Waals surface area (Å²) in [6.45, 7) is 4.52. The van der Waals surface area contributed by atoms with Gasteiger partial charge < -0.3 is 24.8 Å². The van der Waals surface area contributed by atoms with E-state index in [-0.39, 0.29) is 44.0 Å². The topological polar surface area (TPSA) is 0 Å². The fourth-order valence-electron chi connectivity index (χ4n) is 3.58. The third kappa shape index (κ3) is 3.23. The average Bonchev–Trinajstić information content (AvgIpc) is 3.00. The molecular weight excluding hydrogens is 359 g/mol. The Kier molecular flexibility index (Phi) is 5.97. The number of benzene rings is 2. The second kappa shape index (κ2) is 7.41. The van der Waals surface area contributed by atoms with Crippen molar-refractivity contribution in [2.45, 2.75) is 22.3 Å². The number of hydrogen-bond acceptors (Lipinski definition) is 0. The summed E-state index contributed by atoms with van der Waals surface area (Å²) in [5, 5.41) is 0. The Morgan fingerprint density at radius 1 is 0.652 bits per heavy atom. The molecule has 0 aliphatic heterocycles. The molecule has 23 heavy (non-hydrogen) atoms. The Bertz CT molecular complexity index is 711. The van der Waals surface area contributed by atoms with Gasteiger partial charge in [-0.25, -0.2) is 0 Å². The van der Waals surface area contributed by atoms with E-state index in [1.54, 1.807) is 11.1 Å². The minimum Gasteiger partial charge on any atom is -1.00 e. The van der Waals surface area contributed by atoms with E-state index >= 15 is 0 Å². The maximum absolute atomic E-state index is 2.51. The second-order valence-electron chi connectivity index (χ2n) is 6.00. The molecule has 2 aliphatic carbocycles. The summed E-state index contributed by atoms with van der Waals surface area (Å²) in [5.41, 5.74) is 8.99. The largest absolute Gasteiger partial charge is 1.00 e. The number of hydrogen-bond donors (Lipinski definition) is 0. The molecule has 2 aromatic carbocycles. The Morgan fingerprint density at radius 2 is 1.04 bits per heavy atom. The summed E-state index contributed by atoms with van der Waals surface area (Å²) in [6, 6.07) is 17.9. The van der Waals surface area contributed by atoms with Crippen LogP contribution in [0.15, 0.2) is 60.7 Å². The van der Waals surface area contributed by atoms with Crippen molar-refractivity contribution in [3.05, 3.63) is 82.9 Å². The molecule has 2 unspecified atom stereocenters. The fraction of sp³-hybridized carbons (Fsp3) is 0.200. The summed E-state index contributed by atoms with van der Waals surface area (Å²) < 4.78 is 1.36. The van der Waals surface area contributed by atoms with Gasteiger partial charge in [-0.05, 0) is 0 Å². The minimum atomic E-state index is -0.124. The molecule has 0 fully saturated rings. The Hall–Kier alpha value is -0.786. The molecule has 3 heteroatoms. The zero-order valence-corrected chi connectivity index (χ0v) is 16.3. The van der Waals surface area contributed by atoms with Crippen LogP contribution in [0.4, 0.5) is 0 Å². The van der Waals surface area contributed by atoms with Crippen molar-refractivity contribution in [1.29, 1.82) is 0 Å². The third-order valence-corrected chi connectivity index (χ3v) is 7.25. The number of rotatable bonds is 2. The van der Waals surface area contributed by atoms with E-state index in [1.165, 1.54) is 22.3 Å². The smallest absolute Gasteiger partial charge is 1.00 e. The molecule has 2 atom stereocenters. The molecule has 2 aromatic rings. The van der Waals surface area contributed by atoms with Crippen molar-refractivity contribution < 1.29 is 44.0 Å². The molecule has 4 rings (SSSR count). The van der Waals surface area contributed by atoms with Crippen LogP contribution in [0.2, 0.25) is 0 Å². The van der Waals surface area contributed by atoms with Crippen molar-refractivity contribution >= 4 is 11.1 Å². The second-order valence-corrected chi connectivity index (χ2v) is 8.46. The normalized spacial score (nSPS) is 20.3. The van der Waals surface area contributed by atoms with Gasteiger partial charge in [0, 0.05) is 0 Å². The van der Waals surface area contributed by atoms with Crippen molar-refractivity contribution in [3.8, 4) is 0 Å². The van der Waals surface area contributed by atoms with Gasteiger partial charge in [-0.15, -0.1) is 0 Å². The van der Waals surface area contributed by atoms with Crippen molar-refractivity contribution in [2.75, 3.05) is 0 Å². The van der Waals surface area contributed by atoms with Crippen molar-refractivity contribution in [3.63, 3.8) is 0 Å². The van der Waals surface area contributed by atoms with Crippen molar-refractivity contribution in [1.82, 2.24) is 0 Å². The molecular formula is C20H18Cl2Ti. The molecule has 0 saturated heterocycles. The van der Waals surface area contributed by atoms with Crippen LogP contribution in [0.1, 0.15) is 44.5 Å². The van der Waals surface area contributed by atoms with Crippen LogP contribution in [0.25, 0.3) is 11.1 Å². The van der Waals surface area contributed by atoms with Gasteiger partial charge in [0.15, 0.2) is 0 Å². The standard InChI is InChI=1S/2C10H9.2ClH.Ti/c2*1-8-6-7-9-4-2-3-5-10(8)9;;;/h2*2-7H,1H3;2*1H;/q;;;;+2/p-2. The van der Waals surface area contributed by atoms with E-state index in [4.69, 9.17) is 0 Å². The van der Waals surface area contributed by atoms with Gasteiger partial charge in [-0.1, -0.05) is 0 Å². The van der Waals surface area contributed by atoms with Crippen LogP contribution in [0.5, 0.6) is 0 Å². The predicted molar refractivity (Wildman–Crippen MR) is 85.7 cm³/mol. The van der Waals surface area contributed by atoms with E-state index in [9.17, 15) is 0 Å². The first-order valence-electron chi connectivity index (χ1n) is 7.55. The summed E-state index contributed by atoms with van der Waals surface area (Å²) >= 11 is -0.124. The van der Waals surface area contributed by atoms with E-state index in [2.05, 4.69) is 74.5 Å². The van der Waals surface area contributed by atoms with Crippen LogP contribution >= 0.6 is 0 Å². The van der Waals surface area contributed by atoms with Crippen LogP contribution in [-0.2, 0) is 19.2 Å². The molecule has 0 nitrogen and oxygen atoms in total. The van der Waals surface area contributed by atoms with Gasteiger partial charge in [0.05, 0.1) is 0 Å². The summed E-state index contributed by atoms with van der Waals surface area (Å²) in [7, 11) is 0. The van der Waals surface area contributed by atoms with Gasteiger partial charge in [0.2, 0.25) is 0 Å². The van der Waals surface area contributed by atoms with E-state index in [0.29, 0.717) is 8.45 Å². The first-order chi connectivity index (χ1) is 10.2. The average molecular weight is 377 g/mol. The van der Waals surface area contributed by atoms with E-state index < -0.39 is 0 Å². The molecule has 0 aromatic heterocycles. The molecule has 0 radical (unpaired) electrons. The third-order valence-electron chi connectivity index (χ3n) is 4.63. The van der Waals surface area contributed by atoms with E-state index in [0.717, 1.165) is 0 Å². The molecule has 0 amide bonds. The Balaban J connectivity index is 0.000000960. The molecule has 0 saturated carbocycles. The maximum atomic E-state index is 2.51. The van der Waals surface area contributed by atoms with Gasteiger partial charge in [0.1, 0.15) is 0 Å². The maximum Gasteiger partial charge on any atom is -1.00 e. The van der Waals surface area contributed by atoms with Crippen LogP contribution in [-0.4, -0.2) is 0 Å². The zero-order valence-electron chi connectivity index (χ0n) is 13.2. The minimum absolute atomic E-state index is 0. The predicted octanol–water partition coefficient (Wildman–Crippen LogP) is -0.607. The molecule has 0 heterocycles. The summed E-state index contributed by atoms with van der Waals surface area (Å²) in [4.78, 5) is 0. The Morgan fingerprint density at radius 3 is 1.48 bits per heavy atom. The van der Waals surface area contributed by atoms with E-state index in [1.807, 2.05) is 0 Å². The molecule has 116 valence electrons. The van der Waals surface area contributed by atoms with Crippen LogP contribution in [0.3, 0.4) is 0 Å². The van der Waals surface area contributed by atoms with Crippen LogP contribution < -0.4 is 24.8 Å². The van der Waals surface area contributed by atoms with Gasteiger partial charge >= 0.3 is 136 Å². The number of halogens is 2. The summed E-state index contributed by atoms with van der Waals surface area (Å²) in [6.07, 6.45) is 5.02. The fourth-order valence-corrected chi connectivity index (χ4v) is 6.62. The number of allylic oxidation sites excluding steroid dienone is 4. The van der Waals surface area contributed by atoms with Gasteiger partial charge in [0.25, 0.3) is 0 Å². The van der Waals surface area contributed by atoms with Gasteiger partial charge in [-0.3, -0.25) is 0 Å². The number of fused-ring (bicyclic) bond motifs is 2. The molecule has 2 aliphatic rings.